The van der Waals surface area contributed by atoms with E-state index < -0.39 is 11.7 Å². The number of aliphatic imine (C=N–C) groups is 1. The van der Waals surface area contributed by atoms with Crippen LogP contribution >= 0.6 is 0 Å². The molecule has 0 rings (SSSR count). The van der Waals surface area contributed by atoms with Crippen molar-refractivity contribution in [2.45, 2.75) is 111 Å². The van der Waals surface area contributed by atoms with Crippen LogP contribution in [-0.2, 0) is 14.3 Å². The van der Waals surface area contributed by atoms with E-state index in [-0.39, 0.29) is 11.6 Å². The molecule has 0 aromatic carbocycles. The first kappa shape index (κ1) is 31.6. The van der Waals surface area contributed by atoms with Crippen LogP contribution in [-0.4, -0.2) is 48.6 Å². The number of rotatable bonds is 15. The number of carbonyl (C=O) groups excluding carboxylic acids is 3. The molecule has 1 amide bonds. The van der Waals surface area contributed by atoms with Gasteiger partial charge < -0.3 is 25.4 Å². The molecular formula is C24H47N3O4. The highest BCUT2D eigenvalue weighted by Crippen LogP contribution is 2.08. The van der Waals surface area contributed by atoms with Gasteiger partial charge in [0.15, 0.2) is 0 Å². The Hall–Kier alpha value is -1.60. The van der Waals surface area contributed by atoms with E-state index in [1.165, 1.54) is 6.42 Å². The van der Waals surface area contributed by atoms with E-state index >= 15 is 0 Å². The fourth-order valence-electron chi connectivity index (χ4n) is 2.60. The van der Waals surface area contributed by atoms with Crippen LogP contribution in [0.5, 0.6) is 0 Å². The van der Waals surface area contributed by atoms with Gasteiger partial charge in [0, 0.05) is 25.1 Å². The van der Waals surface area contributed by atoms with Gasteiger partial charge in [0.25, 0.3) is 0 Å². The molecule has 0 radical (unpaired) electrons. The van der Waals surface area contributed by atoms with Gasteiger partial charge in [-0.25, -0.2) is 4.79 Å². The maximum atomic E-state index is 11.5. The molecule has 0 aliphatic heterocycles. The SMILES string of the molecule is CC(=O)CCCCCCCNCC(C)=NC(=O)OC(C)(C)C.CC(=O)CCCCCN. The number of nitrogens with one attached hydrogen (secondary N) is 1. The van der Waals surface area contributed by atoms with Crippen molar-refractivity contribution < 1.29 is 19.1 Å². The molecule has 0 atom stereocenters. The second-order valence-corrected chi connectivity index (χ2v) is 9.03. The number of unbranched alkanes of at least 4 members (excludes halogenated alkanes) is 6. The lowest BCUT2D eigenvalue weighted by Gasteiger charge is -2.17. The number of ketones is 2. The van der Waals surface area contributed by atoms with E-state index in [1.54, 1.807) is 13.8 Å². The van der Waals surface area contributed by atoms with Gasteiger partial charge in [-0.2, -0.15) is 4.99 Å². The van der Waals surface area contributed by atoms with Crippen molar-refractivity contribution in [2.75, 3.05) is 19.6 Å². The summed E-state index contributed by atoms with van der Waals surface area (Å²) in [6.07, 6.45) is 9.60. The Bertz CT molecular complexity index is 525. The lowest BCUT2D eigenvalue weighted by molar-refractivity contribution is -0.117. The molecule has 31 heavy (non-hydrogen) atoms. The summed E-state index contributed by atoms with van der Waals surface area (Å²) in [7, 11) is 0. The summed E-state index contributed by atoms with van der Waals surface area (Å²) < 4.78 is 5.13. The monoisotopic (exact) mass is 441 g/mol. The highest BCUT2D eigenvalue weighted by molar-refractivity contribution is 5.93. The first-order valence-corrected chi connectivity index (χ1v) is 11.6. The van der Waals surface area contributed by atoms with Crippen molar-refractivity contribution in [3.63, 3.8) is 0 Å². The topological polar surface area (TPSA) is 111 Å². The molecular weight excluding hydrogens is 394 g/mol. The zero-order chi connectivity index (χ0) is 24.1. The predicted octanol–water partition coefficient (Wildman–Crippen LogP) is 5.00. The summed E-state index contributed by atoms with van der Waals surface area (Å²) in [5.41, 5.74) is 5.49. The summed E-state index contributed by atoms with van der Waals surface area (Å²) in [6, 6.07) is 0. The molecule has 0 fully saturated rings. The van der Waals surface area contributed by atoms with Crippen LogP contribution < -0.4 is 11.1 Å². The van der Waals surface area contributed by atoms with E-state index in [9.17, 15) is 14.4 Å². The Kier molecular flexibility index (Phi) is 20.7. The molecule has 0 aromatic rings. The van der Waals surface area contributed by atoms with E-state index in [1.807, 2.05) is 27.7 Å². The van der Waals surface area contributed by atoms with Crippen LogP contribution in [0.3, 0.4) is 0 Å². The molecule has 0 spiro atoms. The molecule has 0 saturated heterocycles. The standard InChI is InChI=1S/C17H32N2O3.C7H15NO/c1-14(19-16(21)22-17(3,4)5)13-18-12-10-8-6-7-9-11-15(2)20;1-7(9)5-3-2-4-6-8/h18H,6-13H2,1-5H3;2-6,8H2,1H3. The lowest BCUT2D eigenvalue weighted by Crippen LogP contribution is -2.25. The van der Waals surface area contributed by atoms with Crippen LogP contribution in [0, 0.1) is 0 Å². The van der Waals surface area contributed by atoms with Crippen molar-refractivity contribution in [1.29, 1.82) is 0 Å². The van der Waals surface area contributed by atoms with Gasteiger partial charge in [0.2, 0.25) is 0 Å². The Morgan fingerprint density at radius 2 is 1.29 bits per heavy atom. The van der Waals surface area contributed by atoms with Crippen molar-refractivity contribution in [3.8, 4) is 0 Å². The quantitative estimate of drug-likeness (QED) is 0.273. The summed E-state index contributed by atoms with van der Waals surface area (Å²) in [5.74, 6) is 0.563. The van der Waals surface area contributed by atoms with E-state index in [2.05, 4.69) is 10.3 Å². The minimum Gasteiger partial charge on any atom is -0.442 e. The minimum atomic E-state index is -0.530. The Labute approximate surface area is 190 Å². The summed E-state index contributed by atoms with van der Waals surface area (Å²) >= 11 is 0. The van der Waals surface area contributed by atoms with Crippen molar-refractivity contribution >= 4 is 23.4 Å². The second-order valence-electron chi connectivity index (χ2n) is 9.03. The molecule has 0 aliphatic carbocycles. The fraction of sp³-hybridized carbons (Fsp3) is 0.833. The highest BCUT2D eigenvalue weighted by Gasteiger charge is 2.15. The molecule has 0 unspecified atom stereocenters. The Morgan fingerprint density at radius 1 is 0.806 bits per heavy atom. The average Bonchev–Trinajstić information content (AvgIpc) is 2.62. The van der Waals surface area contributed by atoms with Crippen LogP contribution in [0.1, 0.15) is 106 Å². The summed E-state index contributed by atoms with van der Waals surface area (Å²) in [5, 5.41) is 3.27. The molecule has 7 heteroatoms. The van der Waals surface area contributed by atoms with Gasteiger partial charge in [0.1, 0.15) is 17.2 Å². The van der Waals surface area contributed by atoms with Gasteiger partial charge in [-0.05, 0) is 80.3 Å². The molecule has 0 aromatic heterocycles. The molecule has 0 aliphatic rings. The fourth-order valence-corrected chi connectivity index (χ4v) is 2.60. The number of nitrogens with two attached hydrogens (primary N) is 1. The second kappa shape index (κ2) is 20.3. The van der Waals surface area contributed by atoms with Gasteiger partial charge >= 0.3 is 6.09 Å². The van der Waals surface area contributed by atoms with Crippen molar-refractivity contribution in [1.82, 2.24) is 5.32 Å². The first-order chi connectivity index (χ1) is 14.5. The molecule has 0 bridgehead atoms. The summed E-state index contributed by atoms with van der Waals surface area (Å²) in [6.45, 7) is 12.8. The molecule has 7 nitrogen and oxygen atoms in total. The molecule has 0 saturated carbocycles. The number of amides is 1. The number of nitrogens with zero attached hydrogens (tertiary/aromatic N) is 1. The van der Waals surface area contributed by atoms with E-state index in [4.69, 9.17) is 10.5 Å². The normalized spacial score (nSPS) is 11.5. The molecule has 182 valence electrons. The predicted molar refractivity (Wildman–Crippen MR) is 129 cm³/mol. The lowest BCUT2D eigenvalue weighted by atomic mass is 10.1. The zero-order valence-electron chi connectivity index (χ0n) is 20.8. The number of hydrogen-bond donors (Lipinski definition) is 2. The number of carbonyl (C=O) groups is 3. The molecule has 3 N–H and O–H groups in total. The van der Waals surface area contributed by atoms with Gasteiger partial charge in [0.05, 0.1) is 0 Å². The van der Waals surface area contributed by atoms with Gasteiger partial charge in [-0.15, -0.1) is 0 Å². The van der Waals surface area contributed by atoms with Crippen LogP contribution in [0.25, 0.3) is 0 Å². The van der Waals surface area contributed by atoms with Gasteiger partial charge in [-0.1, -0.05) is 25.7 Å². The van der Waals surface area contributed by atoms with Crippen LogP contribution in [0.4, 0.5) is 4.79 Å². The molecule has 0 heterocycles. The minimum absolute atomic E-state index is 0.279. The maximum absolute atomic E-state index is 11.5. The highest BCUT2D eigenvalue weighted by atomic mass is 16.6. The smallest absolute Gasteiger partial charge is 0.434 e. The number of ether oxygens (including phenoxy) is 1. The van der Waals surface area contributed by atoms with Crippen LogP contribution in [0.15, 0.2) is 4.99 Å². The third-order valence-electron chi connectivity index (χ3n) is 4.17. The first-order valence-electron chi connectivity index (χ1n) is 11.6. The maximum Gasteiger partial charge on any atom is 0.434 e. The Balaban J connectivity index is 0. The summed E-state index contributed by atoms with van der Waals surface area (Å²) in [4.78, 5) is 36.5. The van der Waals surface area contributed by atoms with Crippen molar-refractivity contribution in [3.05, 3.63) is 0 Å². The third kappa shape index (κ3) is 30.7. The Morgan fingerprint density at radius 3 is 1.77 bits per heavy atom. The zero-order valence-corrected chi connectivity index (χ0v) is 20.8. The number of hydrogen-bond acceptors (Lipinski definition) is 6. The van der Waals surface area contributed by atoms with Crippen LogP contribution in [0.2, 0.25) is 0 Å². The van der Waals surface area contributed by atoms with Gasteiger partial charge in [-0.3, -0.25) is 0 Å². The van der Waals surface area contributed by atoms with Crippen molar-refractivity contribution in [2.24, 2.45) is 10.7 Å². The third-order valence-corrected chi connectivity index (χ3v) is 4.17. The number of Topliss-reactive ketones (excluding diaryl/α,β-unsaturated/α-hetero) is 2. The van der Waals surface area contributed by atoms with E-state index in [0.29, 0.717) is 13.0 Å². The average molecular weight is 442 g/mol. The largest absolute Gasteiger partial charge is 0.442 e. The van der Waals surface area contributed by atoms with E-state index in [0.717, 1.165) is 70.2 Å².